The van der Waals surface area contributed by atoms with Crippen LogP contribution in [0.4, 0.5) is 5.69 Å². The van der Waals surface area contributed by atoms with Gasteiger partial charge < -0.3 is 10.4 Å². The van der Waals surface area contributed by atoms with Crippen molar-refractivity contribution in [1.29, 1.82) is 0 Å². The Morgan fingerprint density at radius 2 is 1.92 bits per heavy atom. The Kier molecular flexibility index (Phi) is 4.54. The van der Waals surface area contributed by atoms with Crippen molar-refractivity contribution in [3.8, 4) is 0 Å². The number of hydrogen-bond acceptors (Lipinski definition) is 5. The van der Waals surface area contributed by atoms with Gasteiger partial charge in [-0.05, 0) is 29.0 Å². The minimum Gasteiger partial charge on any atom is -0.387 e. The standard InChI is InChI=1S/C17H14N2O4S/c20-15(14-10-24-16-4-2-1-3-13(14)16)9-18-17(21)11-5-7-12(8-6-11)19(22)23/h1-8,10,15,20H,9H2,(H,18,21). The van der Waals surface area contributed by atoms with Crippen LogP contribution < -0.4 is 5.32 Å². The maximum Gasteiger partial charge on any atom is 0.269 e. The summed E-state index contributed by atoms with van der Waals surface area (Å²) in [6.45, 7) is 0.0660. The monoisotopic (exact) mass is 342 g/mol. The Hall–Kier alpha value is -2.77. The first-order valence-electron chi connectivity index (χ1n) is 7.23. The van der Waals surface area contributed by atoms with Crippen molar-refractivity contribution >= 4 is 33.0 Å². The summed E-state index contributed by atoms with van der Waals surface area (Å²) in [5.41, 5.74) is 1.01. The first kappa shape index (κ1) is 16.1. The number of benzene rings is 2. The molecule has 0 bridgehead atoms. The number of nitrogens with zero attached hydrogens (tertiary/aromatic N) is 1. The van der Waals surface area contributed by atoms with E-state index >= 15 is 0 Å². The summed E-state index contributed by atoms with van der Waals surface area (Å²) in [5, 5.41) is 26.4. The number of amides is 1. The SMILES string of the molecule is O=C(NCC(O)c1csc2ccccc12)c1ccc([N+](=O)[O-])cc1. The zero-order chi connectivity index (χ0) is 17.1. The Morgan fingerprint density at radius 1 is 1.21 bits per heavy atom. The Bertz CT molecular complexity index is 889. The fraction of sp³-hybridized carbons (Fsp3) is 0.118. The predicted molar refractivity (Wildman–Crippen MR) is 92.2 cm³/mol. The molecule has 3 aromatic rings. The van der Waals surface area contributed by atoms with Crippen LogP contribution in [0.3, 0.4) is 0 Å². The van der Waals surface area contributed by atoms with Crippen molar-refractivity contribution in [3.63, 3.8) is 0 Å². The molecule has 7 heteroatoms. The predicted octanol–water partition coefficient (Wildman–Crippen LogP) is 3.27. The van der Waals surface area contributed by atoms with Crippen LogP contribution in [0.2, 0.25) is 0 Å². The third-order valence-corrected chi connectivity index (χ3v) is 4.65. The molecular weight excluding hydrogens is 328 g/mol. The number of hydrogen-bond donors (Lipinski definition) is 2. The molecule has 1 unspecified atom stereocenters. The first-order chi connectivity index (χ1) is 11.6. The topological polar surface area (TPSA) is 92.5 Å². The molecule has 0 aliphatic carbocycles. The number of carbonyl (C=O) groups excluding carboxylic acids is 1. The van der Waals surface area contributed by atoms with Crippen LogP contribution in [0.15, 0.2) is 53.9 Å². The molecule has 1 amide bonds. The Labute approximate surface area is 141 Å². The highest BCUT2D eigenvalue weighted by atomic mass is 32.1. The van der Waals surface area contributed by atoms with Gasteiger partial charge >= 0.3 is 0 Å². The molecule has 3 rings (SSSR count). The second-order valence-electron chi connectivity index (χ2n) is 5.22. The van der Waals surface area contributed by atoms with Crippen molar-refractivity contribution in [1.82, 2.24) is 5.32 Å². The fourth-order valence-corrected chi connectivity index (χ4v) is 3.40. The third-order valence-electron chi connectivity index (χ3n) is 3.67. The molecule has 0 aliphatic rings. The van der Waals surface area contributed by atoms with E-state index in [4.69, 9.17) is 0 Å². The van der Waals surface area contributed by atoms with E-state index in [1.54, 1.807) is 11.3 Å². The normalized spacial score (nSPS) is 12.0. The first-order valence-corrected chi connectivity index (χ1v) is 8.11. The Morgan fingerprint density at radius 3 is 2.62 bits per heavy atom. The van der Waals surface area contributed by atoms with Gasteiger partial charge in [-0.15, -0.1) is 11.3 Å². The van der Waals surface area contributed by atoms with Crippen LogP contribution in [-0.2, 0) is 0 Å². The quantitative estimate of drug-likeness (QED) is 0.550. The number of nitro groups is 1. The minimum atomic E-state index is -0.817. The zero-order valence-electron chi connectivity index (χ0n) is 12.5. The molecule has 0 spiro atoms. The number of thiophene rings is 1. The van der Waals surface area contributed by atoms with E-state index < -0.39 is 11.0 Å². The largest absolute Gasteiger partial charge is 0.387 e. The second-order valence-corrected chi connectivity index (χ2v) is 6.13. The lowest BCUT2D eigenvalue weighted by atomic mass is 10.1. The number of non-ortho nitro benzene ring substituents is 1. The maximum absolute atomic E-state index is 12.1. The Balaban J connectivity index is 1.66. The molecule has 0 radical (unpaired) electrons. The molecule has 0 saturated carbocycles. The molecule has 0 aliphatic heterocycles. The average Bonchev–Trinajstić information content (AvgIpc) is 3.03. The van der Waals surface area contributed by atoms with Crippen molar-refractivity contribution in [3.05, 3.63) is 75.2 Å². The van der Waals surface area contributed by atoms with E-state index in [0.29, 0.717) is 5.56 Å². The average molecular weight is 342 g/mol. The molecule has 2 aromatic carbocycles. The van der Waals surface area contributed by atoms with Crippen molar-refractivity contribution < 1.29 is 14.8 Å². The molecule has 1 heterocycles. The van der Waals surface area contributed by atoms with Crippen LogP contribution in [-0.4, -0.2) is 22.5 Å². The van der Waals surface area contributed by atoms with E-state index in [2.05, 4.69) is 5.32 Å². The maximum atomic E-state index is 12.1. The van der Waals surface area contributed by atoms with E-state index in [-0.39, 0.29) is 18.1 Å². The van der Waals surface area contributed by atoms with Crippen LogP contribution in [0.5, 0.6) is 0 Å². The van der Waals surface area contributed by atoms with Gasteiger partial charge in [0.05, 0.1) is 11.0 Å². The lowest BCUT2D eigenvalue weighted by Crippen LogP contribution is -2.28. The molecular formula is C17H14N2O4S. The molecule has 2 N–H and O–H groups in total. The number of carbonyl (C=O) groups is 1. The van der Waals surface area contributed by atoms with Gasteiger partial charge in [-0.3, -0.25) is 14.9 Å². The highest BCUT2D eigenvalue weighted by Crippen LogP contribution is 2.29. The van der Waals surface area contributed by atoms with Gasteiger partial charge in [-0.2, -0.15) is 0 Å². The summed E-state index contributed by atoms with van der Waals surface area (Å²) in [4.78, 5) is 22.2. The highest BCUT2D eigenvalue weighted by Gasteiger charge is 2.15. The number of rotatable bonds is 5. The summed E-state index contributed by atoms with van der Waals surface area (Å²) in [6, 6.07) is 13.1. The molecule has 0 saturated heterocycles. The van der Waals surface area contributed by atoms with Gasteiger partial charge in [0, 0.05) is 34.5 Å². The highest BCUT2D eigenvalue weighted by molar-refractivity contribution is 7.17. The molecule has 6 nitrogen and oxygen atoms in total. The number of nitrogens with one attached hydrogen (secondary N) is 1. The van der Waals surface area contributed by atoms with Gasteiger partial charge in [0.15, 0.2) is 0 Å². The minimum absolute atomic E-state index is 0.0660. The molecule has 1 atom stereocenters. The van der Waals surface area contributed by atoms with Crippen LogP contribution in [0.1, 0.15) is 22.0 Å². The summed E-state index contributed by atoms with van der Waals surface area (Å²) in [7, 11) is 0. The summed E-state index contributed by atoms with van der Waals surface area (Å²) >= 11 is 1.54. The number of aliphatic hydroxyl groups excluding tert-OH is 1. The number of nitro benzene ring substituents is 1. The van der Waals surface area contributed by atoms with Gasteiger partial charge in [-0.1, -0.05) is 18.2 Å². The van der Waals surface area contributed by atoms with Crippen molar-refractivity contribution in [2.24, 2.45) is 0 Å². The van der Waals surface area contributed by atoms with Crippen LogP contribution in [0.25, 0.3) is 10.1 Å². The van der Waals surface area contributed by atoms with Gasteiger partial charge in [0.1, 0.15) is 0 Å². The van der Waals surface area contributed by atoms with E-state index in [1.165, 1.54) is 24.3 Å². The second kappa shape index (κ2) is 6.77. The number of aliphatic hydroxyl groups is 1. The zero-order valence-corrected chi connectivity index (χ0v) is 13.3. The molecule has 122 valence electrons. The van der Waals surface area contributed by atoms with Gasteiger partial charge in [-0.25, -0.2) is 0 Å². The summed E-state index contributed by atoms with van der Waals surface area (Å²) in [5.74, 6) is -0.386. The smallest absolute Gasteiger partial charge is 0.269 e. The molecule has 1 aromatic heterocycles. The van der Waals surface area contributed by atoms with Crippen LogP contribution in [0, 0.1) is 10.1 Å². The summed E-state index contributed by atoms with van der Waals surface area (Å²) in [6.07, 6.45) is -0.817. The van der Waals surface area contributed by atoms with E-state index in [9.17, 15) is 20.0 Å². The molecule has 24 heavy (non-hydrogen) atoms. The molecule has 0 fully saturated rings. The summed E-state index contributed by atoms with van der Waals surface area (Å²) < 4.78 is 1.08. The van der Waals surface area contributed by atoms with E-state index in [0.717, 1.165) is 15.6 Å². The van der Waals surface area contributed by atoms with Gasteiger partial charge in [0.25, 0.3) is 11.6 Å². The number of fused-ring (bicyclic) bond motifs is 1. The lowest BCUT2D eigenvalue weighted by molar-refractivity contribution is -0.384. The van der Waals surface area contributed by atoms with Crippen molar-refractivity contribution in [2.75, 3.05) is 6.54 Å². The van der Waals surface area contributed by atoms with Crippen LogP contribution >= 0.6 is 11.3 Å². The third kappa shape index (κ3) is 3.27. The van der Waals surface area contributed by atoms with Gasteiger partial charge in [0.2, 0.25) is 0 Å². The lowest BCUT2D eigenvalue weighted by Gasteiger charge is -2.11. The van der Waals surface area contributed by atoms with Crippen molar-refractivity contribution in [2.45, 2.75) is 6.10 Å². The van der Waals surface area contributed by atoms with E-state index in [1.807, 2.05) is 29.6 Å². The fourth-order valence-electron chi connectivity index (χ4n) is 2.39.